The number of hydrogen-bond acceptors (Lipinski definition) is 8. The number of hydrogen-bond donors (Lipinski definition) is 1. The third-order valence-corrected chi connectivity index (χ3v) is 7.95. The van der Waals surface area contributed by atoms with Crippen LogP contribution in [0.2, 0.25) is 0 Å². The summed E-state index contributed by atoms with van der Waals surface area (Å²) in [6.45, 7) is 2.32. The fourth-order valence-electron chi connectivity index (χ4n) is 4.73. The minimum Gasteiger partial charge on any atom is -0.493 e. The smallest absolute Gasteiger partial charge is 0.302 e. The van der Waals surface area contributed by atoms with Gasteiger partial charge in [0.05, 0.1) is 30.7 Å². The van der Waals surface area contributed by atoms with Gasteiger partial charge in [-0.15, -0.1) is 0 Å². The lowest BCUT2D eigenvalue weighted by Crippen LogP contribution is -2.34. The maximum atomic E-state index is 13.0. The fourth-order valence-corrected chi connectivity index (χ4v) is 5.66. The molecule has 0 radical (unpaired) electrons. The number of methoxy groups -OCH3 is 1. The molecule has 1 atom stereocenters. The highest BCUT2D eigenvalue weighted by Crippen LogP contribution is 2.36. The summed E-state index contributed by atoms with van der Waals surface area (Å²) in [6, 6.07) is 14.8. The number of rotatable bonds is 9. The van der Waals surface area contributed by atoms with E-state index in [1.54, 1.807) is 19.2 Å². The number of carbonyl (C=O) groups is 2. The van der Waals surface area contributed by atoms with Crippen LogP contribution in [-0.2, 0) is 6.54 Å². The van der Waals surface area contributed by atoms with E-state index >= 15 is 0 Å². The van der Waals surface area contributed by atoms with Crippen molar-refractivity contribution in [3.05, 3.63) is 77.9 Å². The summed E-state index contributed by atoms with van der Waals surface area (Å²) in [4.78, 5) is 33.5. The van der Waals surface area contributed by atoms with Crippen LogP contribution in [0.1, 0.15) is 60.8 Å². The molecule has 0 bridgehead atoms. The van der Waals surface area contributed by atoms with Gasteiger partial charge >= 0.3 is 5.24 Å². The number of nitrogens with one attached hydrogen (secondary N) is 1. The van der Waals surface area contributed by atoms with Crippen LogP contribution in [0.4, 0.5) is 10.5 Å². The lowest BCUT2D eigenvalue weighted by atomic mass is 10.0. The molecule has 1 saturated carbocycles. The van der Waals surface area contributed by atoms with Crippen LogP contribution in [0.25, 0.3) is 0 Å². The Morgan fingerprint density at radius 1 is 1.08 bits per heavy atom. The Morgan fingerprint density at radius 2 is 1.87 bits per heavy atom. The van der Waals surface area contributed by atoms with Gasteiger partial charge in [0.25, 0.3) is 5.91 Å². The molecule has 1 aliphatic heterocycles. The number of amides is 2. The number of hydrazone groups is 1. The summed E-state index contributed by atoms with van der Waals surface area (Å²) >= 11 is 1.28. The molecule has 2 aliphatic rings. The van der Waals surface area contributed by atoms with Crippen molar-refractivity contribution in [2.45, 2.75) is 56.9 Å². The lowest BCUT2D eigenvalue weighted by Gasteiger charge is -2.29. The second kappa shape index (κ2) is 12.3. The zero-order valence-electron chi connectivity index (χ0n) is 22.0. The van der Waals surface area contributed by atoms with E-state index in [0.717, 1.165) is 36.1 Å². The number of carbonyl (C=O) groups excluding carboxylic acids is 2. The van der Waals surface area contributed by atoms with Crippen LogP contribution >= 0.6 is 11.8 Å². The molecule has 10 heteroatoms. The molecule has 1 unspecified atom stereocenters. The van der Waals surface area contributed by atoms with Gasteiger partial charge in [-0.25, -0.2) is 15.0 Å². The molecule has 0 spiro atoms. The molecule has 2 heterocycles. The molecule has 0 saturated heterocycles. The quantitative estimate of drug-likeness (QED) is 0.356. The Morgan fingerprint density at radius 3 is 2.62 bits per heavy atom. The minimum atomic E-state index is -0.404. The molecule has 1 N–H and O–H groups in total. The Kier molecular flexibility index (Phi) is 8.41. The largest absolute Gasteiger partial charge is 0.493 e. The summed E-state index contributed by atoms with van der Waals surface area (Å²) < 4.78 is 11.9. The van der Waals surface area contributed by atoms with E-state index in [1.807, 2.05) is 36.4 Å². The highest BCUT2D eigenvalue weighted by Gasteiger charge is 2.31. The van der Waals surface area contributed by atoms with Crippen molar-refractivity contribution < 1.29 is 19.1 Å². The van der Waals surface area contributed by atoms with Gasteiger partial charge in [-0.3, -0.25) is 9.59 Å². The van der Waals surface area contributed by atoms with E-state index in [4.69, 9.17) is 14.6 Å². The first-order valence-electron chi connectivity index (χ1n) is 13.1. The molecular formula is C29H31N5O4S. The van der Waals surface area contributed by atoms with Crippen LogP contribution in [0.15, 0.2) is 66.0 Å². The Labute approximate surface area is 232 Å². The SMILES string of the molecule is CCC1SC(=O)N(Cc2cccc(NC(=O)c3ncccn3)c2)N=C1c1ccc(OC)c(OC2CCCC2)c1. The number of anilines is 1. The lowest BCUT2D eigenvalue weighted by molar-refractivity contribution is 0.101. The van der Waals surface area contributed by atoms with E-state index in [1.165, 1.54) is 42.0 Å². The van der Waals surface area contributed by atoms with E-state index in [-0.39, 0.29) is 29.0 Å². The predicted octanol–water partition coefficient (Wildman–Crippen LogP) is 5.91. The van der Waals surface area contributed by atoms with Gasteiger partial charge < -0.3 is 14.8 Å². The average molecular weight is 546 g/mol. The van der Waals surface area contributed by atoms with Gasteiger partial charge in [-0.2, -0.15) is 5.10 Å². The highest BCUT2D eigenvalue weighted by molar-refractivity contribution is 8.14. The van der Waals surface area contributed by atoms with Gasteiger partial charge in [0.15, 0.2) is 11.5 Å². The van der Waals surface area contributed by atoms with Gasteiger partial charge in [0.2, 0.25) is 5.82 Å². The maximum Gasteiger partial charge on any atom is 0.302 e. The standard InChI is InChI=1S/C29H31N5O4S/c1-3-25-26(20-12-13-23(37-2)24(17-20)38-22-10-4-5-11-22)33-34(29(36)39-25)18-19-8-6-9-21(16-19)32-28(35)27-30-14-7-15-31-27/h6-9,12-17,22,25H,3-5,10-11,18H2,1-2H3,(H,32,35). The molecule has 5 rings (SSSR count). The Hall–Kier alpha value is -3.92. The highest BCUT2D eigenvalue weighted by atomic mass is 32.2. The van der Waals surface area contributed by atoms with Crippen LogP contribution < -0.4 is 14.8 Å². The van der Waals surface area contributed by atoms with Gasteiger partial charge in [0, 0.05) is 23.6 Å². The summed E-state index contributed by atoms with van der Waals surface area (Å²) in [6.07, 6.45) is 8.43. The molecule has 1 fully saturated rings. The van der Waals surface area contributed by atoms with E-state index in [9.17, 15) is 9.59 Å². The number of aromatic nitrogens is 2. The maximum absolute atomic E-state index is 13.0. The first-order valence-corrected chi connectivity index (χ1v) is 14.0. The van der Waals surface area contributed by atoms with Crippen molar-refractivity contribution in [1.29, 1.82) is 0 Å². The first-order chi connectivity index (χ1) is 19.0. The second-order valence-electron chi connectivity index (χ2n) is 9.44. The molecule has 39 heavy (non-hydrogen) atoms. The van der Waals surface area contributed by atoms with E-state index in [0.29, 0.717) is 17.2 Å². The van der Waals surface area contributed by atoms with Crippen molar-refractivity contribution in [2.75, 3.05) is 12.4 Å². The van der Waals surface area contributed by atoms with Crippen molar-refractivity contribution in [2.24, 2.45) is 5.10 Å². The molecule has 1 aliphatic carbocycles. The fraction of sp³-hybridized carbons (Fsp3) is 0.345. The first kappa shape index (κ1) is 26.7. The molecule has 2 aromatic carbocycles. The monoisotopic (exact) mass is 545 g/mol. The van der Waals surface area contributed by atoms with Crippen LogP contribution in [0.5, 0.6) is 11.5 Å². The summed E-state index contributed by atoms with van der Waals surface area (Å²) in [7, 11) is 1.64. The van der Waals surface area contributed by atoms with Crippen LogP contribution in [0.3, 0.4) is 0 Å². The molecule has 3 aromatic rings. The number of thioether (sulfide) groups is 1. The Balaban J connectivity index is 1.37. The van der Waals surface area contributed by atoms with Crippen LogP contribution in [-0.4, -0.2) is 50.3 Å². The van der Waals surface area contributed by atoms with Crippen molar-refractivity contribution in [1.82, 2.24) is 15.0 Å². The molecule has 9 nitrogen and oxygen atoms in total. The third kappa shape index (κ3) is 6.39. The van der Waals surface area contributed by atoms with Gasteiger partial charge in [0.1, 0.15) is 0 Å². The normalized spacial score (nSPS) is 17.6. The van der Waals surface area contributed by atoms with Crippen LogP contribution in [0, 0.1) is 0 Å². The van der Waals surface area contributed by atoms with Gasteiger partial charge in [-0.1, -0.05) is 30.8 Å². The number of benzene rings is 2. The topological polar surface area (TPSA) is 106 Å². The predicted molar refractivity (Wildman–Crippen MR) is 151 cm³/mol. The zero-order valence-corrected chi connectivity index (χ0v) is 22.8. The summed E-state index contributed by atoms with van der Waals surface area (Å²) in [5.41, 5.74) is 3.14. The molecule has 202 valence electrons. The third-order valence-electron chi connectivity index (χ3n) is 6.70. The molecular weight excluding hydrogens is 514 g/mol. The average Bonchev–Trinajstić information content (AvgIpc) is 3.47. The number of nitrogens with zero attached hydrogens (tertiary/aromatic N) is 4. The second-order valence-corrected chi connectivity index (χ2v) is 10.6. The van der Waals surface area contributed by atoms with Gasteiger partial charge in [-0.05, 0) is 74.1 Å². The van der Waals surface area contributed by atoms with Crippen molar-refractivity contribution >= 4 is 34.3 Å². The van der Waals surface area contributed by atoms with E-state index < -0.39 is 5.91 Å². The minimum absolute atomic E-state index is 0.0713. The summed E-state index contributed by atoms with van der Waals surface area (Å²) in [5, 5.41) is 8.93. The van der Waals surface area contributed by atoms with E-state index in [2.05, 4.69) is 22.2 Å². The Bertz CT molecular complexity index is 1360. The molecule has 2 amide bonds. The van der Waals surface area contributed by atoms with Crippen molar-refractivity contribution in [3.63, 3.8) is 0 Å². The molecule has 1 aromatic heterocycles. The summed E-state index contributed by atoms with van der Waals surface area (Å²) in [5.74, 6) is 1.08. The van der Waals surface area contributed by atoms with Crippen molar-refractivity contribution in [3.8, 4) is 11.5 Å². The number of ether oxygens (including phenoxy) is 2. The zero-order chi connectivity index (χ0) is 27.2.